The summed E-state index contributed by atoms with van der Waals surface area (Å²) in [4.78, 5) is 2.42. The molecule has 3 heteroatoms. The third-order valence-electron chi connectivity index (χ3n) is 4.32. The summed E-state index contributed by atoms with van der Waals surface area (Å²) < 4.78 is 5.57. The molecule has 0 spiro atoms. The standard InChI is InChI=1S/C16H24N2O/c1-12(17-15-4-3-8-18(2)11-15)13-5-6-16-14(10-13)7-9-19-16/h5-6,10,12,15,17H,3-4,7-9,11H2,1-2H3. The monoisotopic (exact) mass is 260 g/mol. The van der Waals surface area contributed by atoms with Crippen molar-refractivity contribution in [1.29, 1.82) is 0 Å². The van der Waals surface area contributed by atoms with Gasteiger partial charge in [-0.1, -0.05) is 12.1 Å². The van der Waals surface area contributed by atoms with Gasteiger partial charge in [-0.25, -0.2) is 0 Å². The highest BCUT2D eigenvalue weighted by Gasteiger charge is 2.20. The number of likely N-dealkylation sites (tertiary alicyclic amines) is 1. The first-order valence-corrected chi connectivity index (χ1v) is 7.42. The van der Waals surface area contributed by atoms with Gasteiger partial charge in [0.15, 0.2) is 0 Å². The van der Waals surface area contributed by atoms with Gasteiger partial charge in [0.1, 0.15) is 5.75 Å². The lowest BCUT2D eigenvalue weighted by molar-refractivity contribution is 0.218. The molecule has 0 aliphatic carbocycles. The third-order valence-corrected chi connectivity index (χ3v) is 4.32. The number of likely N-dealkylation sites (N-methyl/N-ethyl adjacent to an activating group) is 1. The van der Waals surface area contributed by atoms with Crippen molar-refractivity contribution in [3.63, 3.8) is 0 Å². The minimum atomic E-state index is 0.419. The van der Waals surface area contributed by atoms with E-state index in [0.29, 0.717) is 12.1 Å². The van der Waals surface area contributed by atoms with Gasteiger partial charge in [-0.3, -0.25) is 0 Å². The van der Waals surface area contributed by atoms with Gasteiger partial charge < -0.3 is 15.0 Å². The second kappa shape index (κ2) is 5.51. The van der Waals surface area contributed by atoms with Crippen molar-refractivity contribution < 1.29 is 4.74 Å². The molecule has 1 aromatic rings. The van der Waals surface area contributed by atoms with Crippen molar-refractivity contribution in [3.8, 4) is 5.75 Å². The van der Waals surface area contributed by atoms with Gasteiger partial charge in [0.2, 0.25) is 0 Å². The van der Waals surface area contributed by atoms with Crippen molar-refractivity contribution in [3.05, 3.63) is 29.3 Å². The van der Waals surface area contributed by atoms with Crippen molar-refractivity contribution in [1.82, 2.24) is 10.2 Å². The zero-order chi connectivity index (χ0) is 13.2. The summed E-state index contributed by atoms with van der Waals surface area (Å²) in [6.07, 6.45) is 3.66. The summed E-state index contributed by atoms with van der Waals surface area (Å²) in [7, 11) is 2.21. The second-order valence-corrected chi connectivity index (χ2v) is 5.96. The average Bonchev–Trinajstić information content (AvgIpc) is 2.85. The Kier molecular flexibility index (Phi) is 3.76. The molecular weight excluding hydrogens is 236 g/mol. The molecule has 2 unspecified atom stereocenters. The van der Waals surface area contributed by atoms with E-state index in [1.165, 1.54) is 37.1 Å². The largest absolute Gasteiger partial charge is 0.493 e. The summed E-state index contributed by atoms with van der Waals surface area (Å²) in [5.41, 5.74) is 2.75. The Balaban J connectivity index is 1.65. The van der Waals surface area contributed by atoms with Crippen LogP contribution in [0.5, 0.6) is 5.75 Å². The minimum Gasteiger partial charge on any atom is -0.493 e. The third kappa shape index (κ3) is 2.93. The molecule has 1 saturated heterocycles. The molecule has 0 amide bonds. The molecule has 19 heavy (non-hydrogen) atoms. The predicted octanol–water partition coefficient (Wildman–Crippen LogP) is 2.37. The molecule has 2 heterocycles. The number of hydrogen-bond donors (Lipinski definition) is 1. The summed E-state index contributed by atoms with van der Waals surface area (Å²) in [6.45, 7) is 5.52. The fourth-order valence-electron chi connectivity index (χ4n) is 3.23. The molecule has 0 saturated carbocycles. The fourth-order valence-corrected chi connectivity index (χ4v) is 3.23. The van der Waals surface area contributed by atoms with Crippen molar-refractivity contribution >= 4 is 0 Å². The highest BCUT2D eigenvalue weighted by Crippen LogP contribution is 2.28. The molecule has 2 aliphatic heterocycles. The van der Waals surface area contributed by atoms with E-state index >= 15 is 0 Å². The maximum absolute atomic E-state index is 5.57. The fraction of sp³-hybridized carbons (Fsp3) is 0.625. The Morgan fingerprint density at radius 1 is 1.42 bits per heavy atom. The van der Waals surface area contributed by atoms with E-state index in [1.807, 2.05) is 0 Å². The zero-order valence-corrected chi connectivity index (χ0v) is 12.0. The van der Waals surface area contributed by atoms with E-state index < -0.39 is 0 Å². The molecule has 3 nitrogen and oxygen atoms in total. The maximum atomic E-state index is 5.57. The van der Waals surface area contributed by atoms with Gasteiger partial charge in [0.05, 0.1) is 6.61 Å². The quantitative estimate of drug-likeness (QED) is 0.903. The normalized spacial score (nSPS) is 24.8. The highest BCUT2D eigenvalue weighted by molar-refractivity contribution is 5.40. The molecule has 0 bridgehead atoms. The first-order valence-electron chi connectivity index (χ1n) is 7.42. The number of hydrogen-bond acceptors (Lipinski definition) is 3. The van der Waals surface area contributed by atoms with Crippen LogP contribution < -0.4 is 10.1 Å². The molecule has 2 aliphatic rings. The molecule has 0 aromatic heterocycles. The van der Waals surface area contributed by atoms with Gasteiger partial charge in [0, 0.05) is 25.0 Å². The van der Waals surface area contributed by atoms with Crippen LogP contribution in [-0.2, 0) is 6.42 Å². The van der Waals surface area contributed by atoms with Crippen LogP contribution in [0.25, 0.3) is 0 Å². The number of fused-ring (bicyclic) bond motifs is 1. The highest BCUT2D eigenvalue weighted by atomic mass is 16.5. The van der Waals surface area contributed by atoms with E-state index in [9.17, 15) is 0 Å². The van der Waals surface area contributed by atoms with E-state index in [-0.39, 0.29) is 0 Å². The van der Waals surface area contributed by atoms with Crippen molar-refractivity contribution in [2.24, 2.45) is 0 Å². The van der Waals surface area contributed by atoms with Crippen LogP contribution in [0.3, 0.4) is 0 Å². The molecule has 3 rings (SSSR count). The maximum Gasteiger partial charge on any atom is 0.122 e. The summed E-state index contributed by atoms with van der Waals surface area (Å²) in [5.74, 6) is 1.08. The summed E-state index contributed by atoms with van der Waals surface area (Å²) in [6, 6.07) is 7.68. The number of ether oxygens (including phenoxy) is 1. The van der Waals surface area contributed by atoms with Crippen molar-refractivity contribution in [2.75, 3.05) is 26.7 Å². The SMILES string of the molecule is CC(NC1CCCN(C)C1)c1ccc2c(c1)CCO2. The van der Waals surface area contributed by atoms with Crippen LogP contribution in [0, 0.1) is 0 Å². The number of rotatable bonds is 3. The molecule has 1 fully saturated rings. The van der Waals surface area contributed by atoms with Crippen LogP contribution in [0.1, 0.15) is 36.9 Å². The number of nitrogens with zero attached hydrogens (tertiary/aromatic N) is 1. The lowest BCUT2D eigenvalue weighted by Crippen LogP contribution is -2.44. The first-order chi connectivity index (χ1) is 9.22. The topological polar surface area (TPSA) is 24.5 Å². The predicted molar refractivity (Wildman–Crippen MR) is 77.7 cm³/mol. The second-order valence-electron chi connectivity index (χ2n) is 5.96. The molecular formula is C16H24N2O. The van der Waals surface area contributed by atoms with Gasteiger partial charge in [-0.2, -0.15) is 0 Å². The number of nitrogens with one attached hydrogen (secondary N) is 1. The van der Waals surface area contributed by atoms with Gasteiger partial charge in [-0.05, 0) is 50.6 Å². The Hall–Kier alpha value is -1.06. The van der Waals surface area contributed by atoms with Gasteiger partial charge >= 0.3 is 0 Å². The molecule has 2 atom stereocenters. The van der Waals surface area contributed by atoms with Crippen LogP contribution in [0.15, 0.2) is 18.2 Å². The van der Waals surface area contributed by atoms with E-state index in [1.54, 1.807) is 0 Å². The Morgan fingerprint density at radius 3 is 3.16 bits per heavy atom. The van der Waals surface area contributed by atoms with Crippen LogP contribution in [0.4, 0.5) is 0 Å². The Labute approximate surface area is 115 Å². The van der Waals surface area contributed by atoms with Crippen LogP contribution in [-0.4, -0.2) is 37.7 Å². The van der Waals surface area contributed by atoms with Crippen LogP contribution in [0.2, 0.25) is 0 Å². The zero-order valence-electron chi connectivity index (χ0n) is 12.0. The van der Waals surface area contributed by atoms with Gasteiger partial charge in [-0.15, -0.1) is 0 Å². The summed E-state index contributed by atoms with van der Waals surface area (Å²) >= 11 is 0. The minimum absolute atomic E-state index is 0.419. The molecule has 1 N–H and O–H groups in total. The lowest BCUT2D eigenvalue weighted by atomic mass is 10.0. The van der Waals surface area contributed by atoms with E-state index in [0.717, 1.165) is 18.8 Å². The van der Waals surface area contributed by atoms with E-state index in [4.69, 9.17) is 4.74 Å². The number of piperidine rings is 1. The van der Waals surface area contributed by atoms with Gasteiger partial charge in [0.25, 0.3) is 0 Å². The van der Waals surface area contributed by atoms with E-state index in [2.05, 4.69) is 42.4 Å². The molecule has 1 aromatic carbocycles. The number of benzene rings is 1. The Bertz CT molecular complexity index is 446. The first kappa shape index (κ1) is 12.9. The smallest absolute Gasteiger partial charge is 0.122 e. The van der Waals surface area contributed by atoms with Crippen molar-refractivity contribution in [2.45, 2.75) is 38.3 Å². The molecule has 0 radical (unpaired) electrons. The van der Waals surface area contributed by atoms with Crippen LogP contribution >= 0.6 is 0 Å². The summed E-state index contributed by atoms with van der Waals surface area (Å²) in [5, 5.41) is 3.77. The Morgan fingerprint density at radius 2 is 2.32 bits per heavy atom. The molecule has 104 valence electrons. The lowest BCUT2D eigenvalue weighted by Gasteiger charge is -2.32. The average molecular weight is 260 g/mol.